The zero-order valence-electron chi connectivity index (χ0n) is 11.5. The maximum absolute atomic E-state index is 5.28. The van der Waals surface area contributed by atoms with E-state index in [0.29, 0.717) is 0 Å². The fraction of sp³-hybridized carbons (Fsp3) is 0.692. The second-order valence-corrected chi connectivity index (χ2v) is 4.16. The second kappa shape index (κ2) is 6.55. The van der Waals surface area contributed by atoms with Gasteiger partial charge in [0.25, 0.3) is 0 Å². The summed E-state index contributed by atoms with van der Waals surface area (Å²) >= 11 is 0. The highest BCUT2D eigenvalue weighted by Gasteiger charge is 2.13. The number of anilines is 1. The first kappa shape index (κ1) is 13.9. The van der Waals surface area contributed by atoms with E-state index in [4.69, 9.17) is 4.74 Å². The predicted octanol–water partition coefficient (Wildman–Crippen LogP) is 2.88. The molecule has 0 aromatic carbocycles. The van der Waals surface area contributed by atoms with Crippen LogP contribution in [-0.2, 0) is 11.2 Å². The van der Waals surface area contributed by atoms with Gasteiger partial charge in [-0.25, -0.2) is 9.97 Å². The molecule has 1 aromatic heterocycles. The molecule has 0 amide bonds. The molecule has 96 valence electrons. The molecule has 17 heavy (non-hydrogen) atoms. The molecular weight excluding hydrogens is 214 g/mol. The van der Waals surface area contributed by atoms with Crippen molar-refractivity contribution in [3.05, 3.63) is 17.1 Å². The van der Waals surface area contributed by atoms with E-state index in [9.17, 15) is 0 Å². The van der Waals surface area contributed by atoms with E-state index >= 15 is 0 Å². The monoisotopic (exact) mass is 237 g/mol. The molecule has 1 heterocycles. The van der Waals surface area contributed by atoms with Gasteiger partial charge in [0, 0.05) is 24.9 Å². The maximum atomic E-state index is 5.28. The van der Waals surface area contributed by atoms with Gasteiger partial charge in [-0.05, 0) is 26.7 Å². The van der Waals surface area contributed by atoms with E-state index in [0.717, 1.165) is 42.3 Å². The van der Waals surface area contributed by atoms with E-state index in [1.807, 2.05) is 6.92 Å². The molecule has 4 nitrogen and oxygen atoms in total. The van der Waals surface area contributed by atoms with Crippen molar-refractivity contribution in [1.82, 2.24) is 9.97 Å². The Bertz CT molecular complexity index is 366. The minimum atomic E-state index is -0.0666. The van der Waals surface area contributed by atoms with Gasteiger partial charge < -0.3 is 10.1 Å². The number of aryl methyl sites for hydroxylation is 1. The number of nitrogens with one attached hydrogen (secondary N) is 1. The summed E-state index contributed by atoms with van der Waals surface area (Å²) in [6.07, 6.45) is 1.93. The Morgan fingerprint density at radius 1 is 1.29 bits per heavy atom. The second-order valence-electron chi connectivity index (χ2n) is 4.16. The molecule has 0 radical (unpaired) electrons. The van der Waals surface area contributed by atoms with Crippen molar-refractivity contribution in [2.45, 2.75) is 46.6 Å². The van der Waals surface area contributed by atoms with Gasteiger partial charge in [0.2, 0.25) is 0 Å². The largest absolute Gasteiger partial charge is 0.374 e. The summed E-state index contributed by atoms with van der Waals surface area (Å²) in [4.78, 5) is 9.10. The van der Waals surface area contributed by atoms with Crippen molar-refractivity contribution >= 4 is 5.82 Å². The highest BCUT2D eigenvalue weighted by molar-refractivity contribution is 5.46. The maximum Gasteiger partial charge on any atom is 0.159 e. The molecule has 0 aliphatic carbocycles. The lowest BCUT2D eigenvalue weighted by atomic mass is 10.2. The first-order valence-corrected chi connectivity index (χ1v) is 6.28. The smallest absolute Gasteiger partial charge is 0.159 e. The summed E-state index contributed by atoms with van der Waals surface area (Å²) in [6.45, 7) is 9.22. The highest BCUT2D eigenvalue weighted by atomic mass is 16.5. The fourth-order valence-corrected chi connectivity index (χ4v) is 1.63. The summed E-state index contributed by atoms with van der Waals surface area (Å²) in [5.74, 6) is 1.70. The number of aromatic nitrogens is 2. The summed E-state index contributed by atoms with van der Waals surface area (Å²) in [7, 11) is 1.68. The fourth-order valence-electron chi connectivity index (χ4n) is 1.63. The number of hydrogen-bond acceptors (Lipinski definition) is 4. The minimum Gasteiger partial charge on any atom is -0.374 e. The molecule has 0 aliphatic heterocycles. The van der Waals surface area contributed by atoms with Crippen LogP contribution >= 0.6 is 0 Å². The number of nitrogens with zero attached hydrogens (tertiary/aromatic N) is 2. The topological polar surface area (TPSA) is 47.0 Å². The van der Waals surface area contributed by atoms with Crippen LogP contribution in [0, 0.1) is 6.92 Å². The Morgan fingerprint density at radius 2 is 2.00 bits per heavy atom. The van der Waals surface area contributed by atoms with Gasteiger partial charge >= 0.3 is 0 Å². The summed E-state index contributed by atoms with van der Waals surface area (Å²) in [5.41, 5.74) is 2.24. The Morgan fingerprint density at radius 3 is 2.53 bits per heavy atom. The van der Waals surface area contributed by atoms with Crippen LogP contribution in [0.15, 0.2) is 0 Å². The summed E-state index contributed by atoms with van der Waals surface area (Å²) < 4.78 is 5.28. The lowest BCUT2D eigenvalue weighted by Gasteiger charge is -2.15. The zero-order chi connectivity index (χ0) is 12.8. The molecule has 1 atom stereocenters. The number of ether oxygens (including phenoxy) is 1. The molecule has 1 aromatic rings. The third kappa shape index (κ3) is 3.40. The van der Waals surface area contributed by atoms with Crippen molar-refractivity contribution in [2.24, 2.45) is 0 Å². The molecule has 1 N–H and O–H groups in total. The summed E-state index contributed by atoms with van der Waals surface area (Å²) in [6, 6.07) is 0. The molecule has 1 rings (SSSR count). The first-order chi connectivity index (χ1) is 8.13. The van der Waals surface area contributed by atoms with Gasteiger partial charge in [0.15, 0.2) is 5.82 Å². The van der Waals surface area contributed by atoms with E-state index in [1.54, 1.807) is 7.11 Å². The number of hydrogen-bond donors (Lipinski definition) is 1. The van der Waals surface area contributed by atoms with Gasteiger partial charge in [-0.2, -0.15) is 0 Å². The zero-order valence-corrected chi connectivity index (χ0v) is 11.5. The van der Waals surface area contributed by atoms with Crippen LogP contribution in [0.2, 0.25) is 0 Å². The standard InChI is InChI=1S/C13H23N3O/c1-6-8-14-12-9(3)11(7-2)15-13(16-12)10(4)17-5/h10H,6-8H2,1-5H3,(H,14,15,16). The average Bonchev–Trinajstić information content (AvgIpc) is 2.36. The van der Waals surface area contributed by atoms with Crippen LogP contribution in [0.25, 0.3) is 0 Å². The number of rotatable bonds is 6. The Hall–Kier alpha value is -1.16. The third-order valence-electron chi connectivity index (χ3n) is 2.86. The molecule has 0 saturated heterocycles. The Kier molecular flexibility index (Phi) is 5.35. The Balaban J connectivity index is 3.09. The molecule has 0 aliphatic rings. The van der Waals surface area contributed by atoms with Crippen molar-refractivity contribution < 1.29 is 4.74 Å². The molecule has 0 saturated carbocycles. The predicted molar refractivity (Wildman–Crippen MR) is 70.4 cm³/mol. The summed E-state index contributed by atoms with van der Waals surface area (Å²) in [5, 5.41) is 3.35. The number of methoxy groups -OCH3 is 1. The van der Waals surface area contributed by atoms with Crippen LogP contribution in [0.3, 0.4) is 0 Å². The lowest BCUT2D eigenvalue weighted by molar-refractivity contribution is 0.112. The van der Waals surface area contributed by atoms with Crippen LogP contribution < -0.4 is 5.32 Å². The first-order valence-electron chi connectivity index (χ1n) is 6.28. The Labute approximate surface area is 104 Å². The van der Waals surface area contributed by atoms with E-state index in [1.165, 1.54) is 0 Å². The van der Waals surface area contributed by atoms with Crippen LogP contribution in [0.4, 0.5) is 5.82 Å². The van der Waals surface area contributed by atoms with Crippen LogP contribution in [-0.4, -0.2) is 23.6 Å². The van der Waals surface area contributed by atoms with Crippen LogP contribution in [0.1, 0.15) is 50.4 Å². The average molecular weight is 237 g/mol. The molecule has 0 spiro atoms. The molecular formula is C13H23N3O. The van der Waals surface area contributed by atoms with Crippen molar-refractivity contribution in [2.75, 3.05) is 19.0 Å². The minimum absolute atomic E-state index is 0.0666. The molecule has 4 heteroatoms. The molecule has 0 fully saturated rings. The molecule has 1 unspecified atom stereocenters. The van der Waals surface area contributed by atoms with Gasteiger partial charge in [0.05, 0.1) is 0 Å². The SMILES string of the molecule is CCCNc1nc(C(C)OC)nc(CC)c1C. The quantitative estimate of drug-likeness (QED) is 0.826. The lowest BCUT2D eigenvalue weighted by Crippen LogP contribution is -2.12. The van der Waals surface area contributed by atoms with Crippen molar-refractivity contribution in [3.8, 4) is 0 Å². The van der Waals surface area contributed by atoms with E-state index in [-0.39, 0.29) is 6.10 Å². The van der Waals surface area contributed by atoms with Crippen molar-refractivity contribution in [1.29, 1.82) is 0 Å². The normalized spacial score (nSPS) is 12.5. The molecule has 0 bridgehead atoms. The van der Waals surface area contributed by atoms with E-state index in [2.05, 4.69) is 36.1 Å². The third-order valence-corrected chi connectivity index (χ3v) is 2.86. The van der Waals surface area contributed by atoms with Crippen molar-refractivity contribution in [3.63, 3.8) is 0 Å². The van der Waals surface area contributed by atoms with Gasteiger partial charge in [-0.1, -0.05) is 13.8 Å². The van der Waals surface area contributed by atoms with Gasteiger partial charge in [0.1, 0.15) is 11.9 Å². The van der Waals surface area contributed by atoms with Gasteiger partial charge in [-0.15, -0.1) is 0 Å². The highest BCUT2D eigenvalue weighted by Crippen LogP contribution is 2.20. The van der Waals surface area contributed by atoms with Crippen LogP contribution in [0.5, 0.6) is 0 Å². The van der Waals surface area contributed by atoms with Gasteiger partial charge in [-0.3, -0.25) is 0 Å². The van der Waals surface area contributed by atoms with E-state index < -0.39 is 0 Å².